The van der Waals surface area contributed by atoms with E-state index in [2.05, 4.69) is 0 Å². The van der Waals surface area contributed by atoms with Crippen molar-refractivity contribution in [3.05, 3.63) is 23.8 Å². The average Bonchev–Trinajstić information content (AvgIpc) is 2.40. The van der Waals surface area contributed by atoms with Crippen LogP contribution < -0.4 is 4.90 Å². The monoisotopic (exact) mass is 295 g/mol. The Bertz CT molecular complexity index is 530. The first-order valence-electron chi connectivity index (χ1n) is 6.46. The molecule has 0 saturated heterocycles. The zero-order valence-electron chi connectivity index (χ0n) is 11.2. The maximum Gasteiger partial charge on any atom is 0.303 e. The van der Waals surface area contributed by atoms with Gasteiger partial charge in [-0.2, -0.15) is 0 Å². The van der Waals surface area contributed by atoms with E-state index in [1.807, 2.05) is 18.2 Å². The molecule has 0 fully saturated rings. The van der Waals surface area contributed by atoms with Crippen molar-refractivity contribution in [1.29, 1.82) is 0 Å². The zero-order chi connectivity index (χ0) is 14.7. The number of thioether (sulfide) groups is 1. The number of hydrogen-bond acceptors (Lipinski definition) is 4. The molecule has 0 spiro atoms. The van der Waals surface area contributed by atoms with Gasteiger partial charge < -0.3 is 15.1 Å². The van der Waals surface area contributed by atoms with Gasteiger partial charge in [-0.3, -0.25) is 9.59 Å². The van der Waals surface area contributed by atoms with Crippen LogP contribution in [0.3, 0.4) is 0 Å². The van der Waals surface area contributed by atoms with E-state index in [0.29, 0.717) is 18.7 Å². The molecular weight excluding hydrogens is 278 g/mol. The molecule has 0 aliphatic carbocycles. The summed E-state index contributed by atoms with van der Waals surface area (Å²) in [4.78, 5) is 25.2. The average molecular weight is 295 g/mol. The molecule has 20 heavy (non-hydrogen) atoms. The summed E-state index contributed by atoms with van der Waals surface area (Å²) in [7, 11) is 0. The lowest BCUT2D eigenvalue weighted by Crippen LogP contribution is -2.36. The molecule has 1 aliphatic heterocycles. The minimum absolute atomic E-state index is 0.0179. The van der Waals surface area contributed by atoms with Crippen molar-refractivity contribution in [2.45, 2.75) is 30.8 Å². The summed E-state index contributed by atoms with van der Waals surface area (Å²) in [6.45, 7) is 2.07. The number of aliphatic carboxylic acids is 1. The van der Waals surface area contributed by atoms with Crippen molar-refractivity contribution in [3.8, 4) is 0 Å². The summed E-state index contributed by atoms with van der Waals surface area (Å²) >= 11 is 1.47. The molecule has 1 unspecified atom stereocenters. The maximum atomic E-state index is 12.0. The minimum Gasteiger partial charge on any atom is -0.481 e. The molecule has 108 valence electrons. The Labute approximate surface area is 121 Å². The van der Waals surface area contributed by atoms with E-state index in [-0.39, 0.29) is 12.3 Å². The fraction of sp³-hybridized carbons (Fsp3) is 0.429. The number of aliphatic hydroxyl groups is 1. The van der Waals surface area contributed by atoms with Crippen molar-refractivity contribution < 1.29 is 19.8 Å². The van der Waals surface area contributed by atoms with E-state index in [0.717, 1.165) is 16.1 Å². The standard InChI is InChI=1S/C14H17NO4S/c1-9(16)10-4-5-12-11(7-10)15(13(17)8-20-12)6-2-3-14(18)19/h4-5,7,9,16H,2-3,6,8H2,1H3,(H,18,19). The lowest BCUT2D eigenvalue weighted by atomic mass is 10.1. The van der Waals surface area contributed by atoms with E-state index < -0.39 is 12.1 Å². The van der Waals surface area contributed by atoms with Crippen molar-refractivity contribution in [2.24, 2.45) is 0 Å². The Morgan fingerprint density at radius 2 is 2.25 bits per heavy atom. The van der Waals surface area contributed by atoms with Crippen LogP contribution in [0.4, 0.5) is 5.69 Å². The van der Waals surface area contributed by atoms with Crippen LogP contribution in [0.2, 0.25) is 0 Å². The number of fused-ring (bicyclic) bond motifs is 1. The molecule has 0 bridgehead atoms. The topological polar surface area (TPSA) is 77.8 Å². The van der Waals surface area contributed by atoms with Gasteiger partial charge in [-0.1, -0.05) is 6.07 Å². The predicted octanol–water partition coefficient (Wildman–Crippen LogP) is 2.04. The molecule has 2 N–H and O–H groups in total. The summed E-state index contributed by atoms with van der Waals surface area (Å²) in [5.41, 5.74) is 1.53. The Morgan fingerprint density at radius 3 is 2.90 bits per heavy atom. The molecule has 5 nitrogen and oxygen atoms in total. The molecule has 0 aromatic heterocycles. The fourth-order valence-electron chi connectivity index (χ4n) is 2.11. The molecule has 6 heteroatoms. The number of nitrogens with zero attached hydrogens (tertiary/aromatic N) is 1. The molecule has 1 atom stereocenters. The van der Waals surface area contributed by atoms with Crippen LogP contribution in [0, 0.1) is 0 Å². The number of hydrogen-bond donors (Lipinski definition) is 2. The minimum atomic E-state index is -0.859. The highest BCUT2D eigenvalue weighted by molar-refractivity contribution is 8.00. The van der Waals surface area contributed by atoms with Crippen molar-refractivity contribution >= 4 is 29.3 Å². The van der Waals surface area contributed by atoms with Crippen LogP contribution in [0.25, 0.3) is 0 Å². The fourth-order valence-corrected chi connectivity index (χ4v) is 3.03. The second-order valence-corrected chi connectivity index (χ2v) is 5.75. The van der Waals surface area contributed by atoms with E-state index in [9.17, 15) is 14.7 Å². The lowest BCUT2D eigenvalue weighted by Gasteiger charge is -2.29. The van der Waals surface area contributed by atoms with E-state index in [1.165, 1.54) is 11.8 Å². The molecule has 0 radical (unpaired) electrons. The Balaban J connectivity index is 2.22. The van der Waals surface area contributed by atoms with Crippen molar-refractivity contribution in [2.75, 3.05) is 17.2 Å². The van der Waals surface area contributed by atoms with Gasteiger partial charge in [0.2, 0.25) is 5.91 Å². The molecule has 1 heterocycles. The number of benzene rings is 1. The van der Waals surface area contributed by atoms with E-state index >= 15 is 0 Å². The summed E-state index contributed by atoms with van der Waals surface area (Å²) in [5, 5.41) is 18.3. The number of anilines is 1. The number of rotatable bonds is 5. The highest BCUT2D eigenvalue weighted by Gasteiger charge is 2.25. The van der Waals surface area contributed by atoms with Gasteiger partial charge in [0.1, 0.15) is 0 Å². The van der Waals surface area contributed by atoms with Gasteiger partial charge in [-0.15, -0.1) is 11.8 Å². The smallest absolute Gasteiger partial charge is 0.303 e. The van der Waals surface area contributed by atoms with Gasteiger partial charge in [0.15, 0.2) is 0 Å². The molecule has 0 saturated carbocycles. The Kier molecular flexibility index (Phi) is 4.67. The second-order valence-electron chi connectivity index (χ2n) is 4.73. The normalized spacial score (nSPS) is 15.9. The third kappa shape index (κ3) is 3.32. The molecule has 1 amide bonds. The predicted molar refractivity (Wildman–Crippen MR) is 77.0 cm³/mol. The van der Waals surface area contributed by atoms with Crippen LogP contribution in [0.5, 0.6) is 0 Å². The first-order chi connectivity index (χ1) is 9.49. The van der Waals surface area contributed by atoms with Gasteiger partial charge in [0, 0.05) is 17.9 Å². The number of carbonyl (C=O) groups is 2. The second kappa shape index (κ2) is 6.28. The Morgan fingerprint density at radius 1 is 1.50 bits per heavy atom. The third-order valence-corrected chi connectivity index (χ3v) is 4.23. The summed E-state index contributed by atoms with van der Waals surface area (Å²) < 4.78 is 0. The summed E-state index contributed by atoms with van der Waals surface area (Å²) in [6.07, 6.45) is -0.130. The van der Waals surface area contributed by atoms with Gasteiger partial charge >= 0.3 is 5.97 Å². The Hall–Kier alpha value is -1.53. The zero-order valence-corrected chi connectivity index (χ0v) is 12.0. The lowest BCUT2D eigenvalue weighted by molar-refractivity contribution is -0.137. The first kappa shape index (κ1) is 14.9. The van der Waals surface area contributed by atoms with E-state index in [1.54, 1.807) is 11.8 Å². The number of carboxylic acid groups (broad SMARTS) is 1. The quantitative estimate of drug-likeness (QED) is 0.869. The van der Waals surface area contributed by atoms with Gasteiger partial charge in [-0.05, 0) is 31.0 Å². The summed E-state index contributed by atoms with van der Waals surface area (Å²) in [5.74, 6) is -0.508. The van der Waals surface area contributed by atoms with Crippen molar-refractivity contribution in [1.82, 2.24) is 0 Å². The van der Waals surface area contributed by atoms with Crippen LogP contribution in [-0.4, -0.2) is 34.4 Å². The third-order valence-electron chi connectivity index (χ3n) is 3.18. The number of aliphatic hydroxyl groups excluding tert-OH is 1. The number of carboxylic acids is 1. The van der Waals surface area contributed by atoms with Crippen LogP contribution in [0.1, 0.15) is 31.4 Å². The highest BCUT2D eigenvalue weighted by atomic mass is 32.2. The molecule has 1 aliphatic rings. The molecule has 2 rings (SSSR count). The molecule has 1 aromatic carbocycles. The highest BCUT2D eigenvalue weighted by Crippen LogP contribution is 2.37. The van der Waals surface area contributed by atoms with Crippen molar-refractivity contribution in [3.63, 3.8) is 0 Å². The van der Waals surface area contributed by atoms with Gasteiger partial charge in [-0.25, -0.2) is 0 Å². The maximum absolute atomic E-state index is 12.0. The van der Waals surface area contributed by atoms with Crippen LogP contribution in [0.15, 0.2) is 23.1 Å². The van der Waals surface area contributed by atoms with Crippen LogP contribution >= 0.6 is 11.8 Å². The molecule has 1 aromatic rings. The SMILES string of the molecule is CC(O)c1ccc2c(c1)N(CCCC(=O)O)C(=O)CS2. The number of amides is 1. The van der Waals surface area contributed by atoms with E-state index in [4.69, 9.17) is 5.11 Å². The largest absolute Gasteiger partial charge is 0.481 e. The van der Waals surface area contributed by atoms with Crippen LogP contribution in [-0.2, 0) is 9.59 Å². The van der Waals surface area contributed by atoms with Gasteiger partial charge in [0.25, 0.3) is 0 Å². The summed E-state index contributed by atoms with van der Waals surface area (Å²) in [6, 6.07) is 5.56. The number of carbonyl (C=O) groups excluding carboxylic acids is 1. The van der Waals surface area contributed by atoms with Gasteiger partial charge in [0.05, 0.1) is 17.5 Å². The first-order valence-corrected chi connectivity index (χ1v) is 7.44. The molecular formula is C14H17NO4S.